The Morgan fingerprint density at radius 2 is 1.69 bits per heavy atom. The Morgan fingerprint density at radius 3 is 2.34 bits per heavy atom. The number of ketones is 2. The number of methoxy groups -OCH3 is 1. The van der Waals surface area contributed by atoms with Crippen LogP contribution in [0.2, 0.25) is 18.1 Å². The van der Waals surface area contributed by atoms with Crippen molar-refractivity contribution in [2.24, 2.45) is 11.8 Å². The van der Waals surface area contributed by atoms with Gasteiger partial charge in [0.25, 0.3) is 5.88 Å². The first kappa shape index (κ1) is 43.1. The molecule has 15 heteroatoms. The van der Waals surface area contributed by atoms with Crippen LogP contribution in [0.25, 0.3) is 16.5 Å². The van der Waals surface area contributed by atoms with Gasteiger partial charge in [-0.15, -0.1) is 0 Å². The lowest BCUT2D eigenvalue weighted by Gasteiger charge is -2.55. The molecule has 4 atom stereocenters. The van der Waals surface area contributed by atoms with Gasteiger partial charge >= 0.3 is 6.16 Å². The number of benzene rings is 3. The summed E-state index contributed by atoms with van der Waals surface area (Å²) in [6.07, 6.45) is -0.532. The van der Waals surface area contributed by atoms with Crippen molar-refractivity contribution in [1.82, 2.24) is 10.1 Å². The van der Waals surface area contributed by atoms with Crippen LogP contribution in [-0.4, -0.2) is 85.8 Å². The molecule has 0 spiro atoms. The summed E-state index contributed by atoms with van der Waals surface area (Å²) in [6, 6.07) is 14.3. The fraction of sp³-hybridized carbons (Fsp3) is 0.478. The molecule has 13 nitrogen and oxygen atoms in total. The number of morpholine rings is 1. The molecule has 4 aromatic rings. The number of carbonyl (C=O) groups is 3. The first-order chi connectivity index (χ1) is 28.8. The fourth-order valence-corrected chi connectivity index (χ4v) is 10.9. The lowest BCUT2D eigenvalue weighted by Crippen LogP contribution is -2.69. The molecule has 2 heterocycles. The van der Waals surface area contributed by atoms with E-state index in [9.17, 15) is 9.90 Å². The number of Topliss-reactive ketones (excluding diaryl/α,β-unsaturated/α-hetero) is 2. The number of halogens is 1. The zero-order valence-corrected chi connectivity index (χ0v) is 38.7. The highest BCUT2D eigenvalue weighted by atomic mass is 79.9. The van der Waals surface area contributed by atoms with E-state index < -0.39 is 65.9 Å². The van der Waals surface area contributed by atoms with Crippen molar-refractivity contribution in [2.75, 3.05) is 33.4 Å². The summed E-state index contributed by atoms with van der Waals surface area (Å²) >= 11 is 3.55. The van der Waals surface area contributed by atoms with Gasteiger partial charge in [-0.2, -0.15) is 0 Å². The smallest absolute Gasteiger partial charge is 0.507 e. The molecule has 1 N–H and O–H groups in total. The van der Waals surface area contributed by atoms with Crippen LogP contribution in [0.1, 0.15) is 86.8 Å². The highest BCUT2D eigenvalue weighted by molar-refractivity contribution is 9.10. The van der Waals surface area contributed by atoms with Crippen molar-refractivity contribution in [1.29, 1.82) is 0 Å². The Bertz CT molecular complexity index is 2440. The van der Waals surface area contributed by atoms with E-state index >= 15 is 9.59 Å². The Hall–Kier alpha value is -4.54. The number of carbonyl (C=O) groups excluding carboxylic acids is 3. The normalized spacial score (nSPS) is 23.2. The maximum atomic E-state index is 16.1. The molecule has 1 saturated heterocycles. The number of aromatic nitrogens is 1. The van der Waals surface area contributed by atoms with Gasteiger partial charge in [-0.1, -0.05) is 67.0 Å². The first-order valence-corrected chi connectivity index (χ1v) is 24.4. The third-order valence-corrected chi connectivity index (χ3v) is 17.8. The maximum Gasteiger partial charge on any atom is 0.514 e. The molecular formula is C46H53BrN2O11Si. The Labute approximate surface area is 364 Å². The van der Waals surface area contributed by atoms with Crippen LogP contribution < -0.4 is 14.2 Å². The van der Waals surface area contributed by atoms with Gasteiger partial charge in [-0.05, 0) is 86.6 Å². The molecule has 0 bridgehead atoms. The third kappa shape index (κ3) is 7.39. The molecular weight excluding hydrogens is 864 g/mol. The summed E-state index contributed by atoms with van der Waals surface area (Å²) in [5, 5.41) is 17.8. The third-order valence-electron chi connectivity index (χ3n) is 12.8. The predicted molar refractivity (Wildman–Crippen MR) is 233 cm³/mol. The summed E-state index contributed by atoms with van der Waals surface area (Å²) < 4.78 is 44.0. The number of aliphatic hydroxyl groups excluding tert-OH is 1. The average Bonchev–Trinajstić information content (AvgIpc) is 3.61. The van der Waals surface area contributed by atoms with Gasteiger partial charge < -0.3 is 37.7 Å². The van der Waals surface area contributed by atoms with Crippen LogP contribution in [0.15, 0.2) is 63.1 Å². The van der Waals surface area contributed by atoms with E-state index in [1.54, 1.807) is 33.9 Å². The summed E-state index contributed by atoms with van der Waals surface area (Å²) in [7, 11) is -1.47. The molecule has 0 amide bonds. The minimum absolute atomic E-state index is 0.00169. The number of hydrogen-bond acceptors (Lipinski definition) is 13. The van der Waals surface area contributed by atoms with Crippen LogP contribution in [0.5, 0.6) is 17.4 Å². The maximum absolute atomic E-state index is 16.1. The minimum Gasteiger partial charge on any atom is -0.507 e. The van der Waals surface area contributed by atoms with Crippen LogP contribution >= 0.6 is 15.9 Å². The molecule has 4 aliphatic rings. The second-order valence-corrected chi connectivity index (χ2v) is 24.5. The molecule has 61 heavy (non-hydrogen) atoms. The van der Waals surface area contributed by atoms with Crippen molar-refractivity contribution >= 4 is 58.5 Å². The second kappa shape index (κ2) is 15.7. The molecule has 0 unspecified atom stereocenters. The lowest BCUT2D eigenvalue weighted by atomic mass is 9.57. The number of aliphatic hydroxyl groups is 1. The number of nitrogens with zero attached hydrogens (tertiary/aromatic N) is 2. The zero-order valence-electron chi connectivity index (χ0n) is 36.1. The van der Waals surface area contributed by atoms with E-state index in [0.717, 1.165) is 5.56 Å². The SMILES string of the molecule is COc1c2c(c(OC(=O)OC(C)(C)C)c3cc(Br)ccc13)C(O)=C1C(=O)[C@]3(O[Si](C)(C)C(C)(C)C)C(=O)c4c(OCc5ccccc5)noc4[C@@H](N4CCOCC4)[C@@H]3C[C@@H]1C2. The number of ether oxygens (including phenoxy) is 5. The van der Waals surface area contributed by atoms with E-state index in [4.69, 9.17) is 32.6 Å². The van der Waals surface area contributed by atoms with Crippen LogP contribution in [0, 0.1) is 11.8 Å². The number of hydrogen-bond donors (Lipinski definition) is 1. The largest absolute Gasteiger partial charge is 0.514 e. The fourth-order valence-electron chi connectivity index (χ4n) is 9.11. The summed E-state index contributed by atoms with van der Waals surface area (Å²) in [5.41, 5.74) is -1.43. The van der Waals surface area contributed by atoms with E-state index in [2.05, 4.69) is 46.8 Å². The highest BCUT2D eigenvalue weighted by Crippen LogP contribution is 2.60. The summed E-state index contributed by atoms with van der Waals surface area (Å²) in [6.45, 7) is 17.3. The summed E-state index contributed by atoms with van der Waals surface area (Å²) in [4.78, 5) is 47.7. The number of fused-ring (bicyclic) bond motifs is 5. The predicted octanol–water partition coefficient (Wildman–Crippen LogP) is 9.55. The standard InChI is InChI=1S/C46H53BrN2O11Si/c1-44(2,3)58-43(53)57-38-29-23-27(47)15-16-28(29)37(54-7)30-21-26-22-31-35(49-17-19-55-20-18-49)39-34(42(48-59-39)56-24-25-13-11-10-12-14-25)41(52)46(31,60-61(8,9)45(4,5)6)40(51)32(26)36(50)33(30)38/h10-16,23,26,31,35,50H,17-22,24H2,1-9H3/t26-,31-,35-,46-/m0/s1. The monoisotopic (exact) mass is 916 g/mol. The lowest BCUT2D eigenvalue weighted by molar-refractivity contribution is -0.143. The van der Waals surface area contributed by atoms with Crippen LogP contribution in [0.3, 0.4) is 0 Å². The van der Waals surface area contributed by atoms with Gasteiger partial charge in [0, 0.05) is 45.4 Å². The van der Waals surface area contributed by atoms with Gasteiger partial charge in [-0.25, -0.2) is 4.79 Å². The van der Waals surface area contributed by atoms with E-state index in [1.165, 1.54) is 0 Å². The van der Waals surface area contributed by atoms with E-state index in [-0.39, 0.29) is 47.8 Å². The molecule has 1 saturated carbocycles. The van der Waals surface area contributed by atoms with E-state index in [1.807, 2.05) is 55.6 Å². The highest BCUT2D eigenvalue weighted by Gasteiger charge is 2.69. The van der Waals surface area contributed by atoms with Gasteiger partial charge in [-0.3, -0.25) is 14.5 Å². The van der Waals surface area contributed by atoms with Gasteiger partial charge in [0.05, 0.1) is 31.9 Å². The Morgan fingerprint density at radius 1 is 0.984 bits per heavy atom. The molecule has 1 aromatic heterocycles. The second-order valence-electron chi connectivity index (χ2n) is 18.8. The molecule has 0 radical (unpaired) electrons. The van der Waals surface area contributed by atoms with E-state index in [0.29, 0.717) is 58.6 Å². The van der Waals surface area contributed by atoms with Crippen molar-refractivity contribution in [3.63, 3.8) is 0 Å². The molecule has 2 fully saturated rings. The molecule has 3 aliphatic carbocycles. The molecule has 8 rings (SSSR count). The quantitative estimate of drug-likeness (QED) is 0.0773. The topological polar surface area (TPSA) is 156 Å². The molecule has 3 aromatic carbocycles. The van der Waals surface area contributed by atoms with Crippen molar-refractivity contribution in [3.05, 3.63) is 86.6 Å². The minimum atomic E-state index is -3.02. The number of rotatable bonds is 8. The van der Waals surface area contributed by atoms with Gasteiger partial charge in [0.2, 0.25) is 11.6 Å². The molecule has 1 aliphatic heterocycles. The van der Waals surface area contributed by atoms with Crippen LogP contribution in [0.4, 0.5) is 4.79 Å². The average molecular weight is 918 g/mol. The summed E-state index contributed by atoms with van der Waals surface area (Å²) in [5.74, 6) is -2.32. The van der Waals surface area contributed by atoms with Crippen molar-refractivity contribution < 1.29 is 52.1 Å². The Kier molecular flexibility index (Phi) is 11.1. The van der Waals surface area contributed by atoms with Crippen molar-refractivity contribution in [2.45, 2.75) is 96.4 Å². The van der Waals surface area contributed by atoms with Crippen molar-refractivity contribution in [3.8, 4) is 17.4 Å². The molecule has 324 valence electrons. The van der Waals surface area contributed by atoms with Crippen LogP contribution in [-0.2, 0) is 31.7 Å². The first-order valence-electron chi connectivity index (χ1n) is 20.7. The Balaban J connectivity index is 1.37. The van der Waals surface area contributed by atoms with Gasteiger partial charge in [0.1, 0.15) is 29.3 Å². The zero-order chi connectivity index (χ0) is 43.8. The van der Waals surface area contributed by atoms with Gasteiger partial charge in [0.15, 0.2) is 25.4 Å².